The Morgan fingerprint density at radius 3 is 2.59 bits per heavy atom. The number of carbonyl (C=O) groups is 2. The summed E-state index contributed by atoms with van der Waals surface area (Å²) >= 11 is 0. The third-order valence-corrected chi connectivity index (χ3v) is 4.11. The Labute approximate surface area is 130 Å². The van der Waals surface area contributed by atoms with Crippen molar-refractivity contribution in [3.05, 3.63) is 35.4 Å². The van der Waals surface area contributed by atoms with Gasteiger partial charge in [0.25, 0.3) is 5.91 Å². The molecule has 5 heteroatoms. The van der Waals surface area contributed by atoms with Gasteiger partial charge in [0.15, 0.2) is 0 Å². The lowest BCUT2D eigenvalue weighted by Crippen LogP contribution is -2.32. The number of carbonyl (C=O) groups excluding carboxylic acids is 1. The number of amides is 1. The average molecular weight is 305 g/mol. The zero-order chi connectivity index (χ0) is 15.9. The van der Waals surface area contributed by atoms with Gasteiger partial charge in [-0.05, 0) is 42.9 Å². The zero-order valence-corrected chi connectivity index (χ0v) is 13.0. The highest BCUT2D eigenvalue weighted by atomic mass is 16.5. The van der Waals surface area contributed by atoms with Crippen LogP contribution in [-0.4, -0.2) is 42.1 Å². The smallest absolute Gasteiger partial charge is 0.303 e. The summed E-state index contributed by atoms with van der Waals surface area (Å²) in [5.74, 6) is -0.544. The second-order valence-corrected chi connectivity index (χ2v) is 5.82. The molecule has 1 aromatic rings. The Bertz CT molecular complexity index is 512. The van der Waals surface area contributed by atoms with Crippen molar-refractivity contribution < 1.29 is 19.4 Å². The van der Waals surface area contributed by atoms with Gasteiger partial charge in [-0.2, -0.15) is 0 Å². The van der Waals surface area contributed by atoms with E-state index in [1.807, 2.05) is 29.2 Å². The van der Waals surface area contributed by atoms with Crippen molar-refractivity contribution in [2.45, 2.75) is 32.3 Å². The number of aliphatic carboxylic acids is 1. The first-order valence-corrected chi connectivity index (χ1v) is 7.69. The maximum Gasteiger partial charge on any atom is 0.303 e. The van der Waals surface area contributed by atoms with E-state index in [4.69, 9.17) is 9.84 Å². The summed E-state index contributed by atoms with van der Waals surface area (Å²) in [5.41, 5.74) is 1.72. The minimum Gasteiger partial charge on any atom is -0.481 e. The summed E-state index contributed by atoms with van der Waals surface area (Å²) < 4.78 is 5.06. The van der Waals surface area contributed by atoms with Crippen molar-refractivity contribution in [2.24, 2.45) is 5.92 Å². The van der Waals surface area contributed by atoms with Gasteiger partial charge in [-0.15, -0.1) is 0 Å². The van der Waals surface area contributed by atoms with E-state index in [1.54, 1.807) is 7.11 Å². The molecule has 1 amide bonds. The fraction of sp³-hybridized carbons (Fsp3) is 0.529. The maximum absolute atomic E-state index is 12.5. The molecule has 0 unspecified atom stereocenters. The van der Waals surface area contributed by atoms with E-state index in [9.17, 15) is 9.59 Å². The van der Waals surface area contributed by atoms with Gasteiger partial charge < -0.3 is 14.7 Å². The van der Waals surface area contributed by atoms with Crippen molar-refractivity contribution in [2.75, 3.05) is 20.2 Å². The standard InChI is InChI=1S/C17H23NO4/c1-22-12-14-4-6-15(7-5-14)17(21)18-9-2-3-13(8-10-18)11-16(19)20/h4-7,13H,2-3,8-12H2,1H3,(H,19,20)/t13-/m1/s1. The quantitative estimate of drug-likeness (QED) is 0.908. The molecule has 1 heterocycles. The number of hydrogen-bond donors (Lipinski definition) is 1. The molecule has 1 aliphatic heterocycles. The summed E-state index contributed by atoms with van der Waals surface area (Å²) in [6.45, 7) is 1.88. The molecule has 1 fully saturated rings. The highest BCUT2D eigenvalue weighted by Crippen LogP contribution is 2.22. The molecule has 5 nitrogen and oxygen atoms in total. The monoisotopic (exact) mass is 305 g/mol. The molecule has 22 heavy (non-hydrogen) atoms. The number of benzene rings is 1. The van der Waals surface area contributed by atoms with Crippen molar-refractivity contribution in [1.29, 1.82) is 0 Å². The summed E-state index contributed by atoms with van der Waals surface area (Å²) in [7, 11) is 1.64. The van der Waals surface area contributed by atoms with E-state index < -0.39 is 5.97 Å². The summed E-state index contributed by atoms with van der Waals surface area (Å²) in [6.07, 6.45) is 2.71. The van der Waals surface area contributed by atoms with Gasteiger partial charge in [0, 0.05) is 32.2 Å². The molecule has 1 saturated heterocycles. The Hall–Kier alpha value is -1.88. The van der Waals surface area contributed by atoms with E-state index in [-0.39, 0.29) is 18.2 Å². The van der Waals surface area contributed by atoms with Crippen LogP contribution < -0.4 is 0 Å². The van der Waals surface area contributed by atoms with Gasteiger partial charge in [-0.3, -0.25) is 9.59 Å². The summed E-state index contributed by atoms with van der Waals surface area (Å²) in [5, 5.41) is 8.89. The molecule has 1 aromatic carbocycles. The van der Waals surface area contributed by atoms with Crippen LogP contribution in [0.1, 0.15) is 41.6 Å². The minimum atomic E-state index is -0.751. The highest BCUT2D eigenvalue weighted by Gasteiger charge is 2.22. The van der Waals surface area contributed by atoms with E-state index >= 15 is 0 Å². The normalized spacial score (nSPS) is 18.8. The molecule has 0 saturated carbocycles. The zero-order valence-electron chi connectivity index (χ0n) is 13.0. The van der Waals surface area contributed by atoms with Crippen LogP contribution in [0.15, 0.2) is 24.3 Å². The number of carboxylic acids is 1. The van der Waals surface area contributed by atoms with Crippen LogP contribution in [-0.2, 0) is 16.1 Å². The fourth-order valence-corrected chi connectivity index (χ4v) is 2.91. The van der Waals surface area contributed by atoms with Crippen LogP contribution in [0.25, 0.3) is 0 Å². The number of hydrogen-bond acceptors (Lipinski definition) is 3. The van der Waals surface area contributed by atoms with Crippen LogP contribution in [0.5, 0.6) is 0 Å². The molecular weight excluding hydrogens is 282 g/mol. The molecule has 0 aromatic heterocycles. The van der Waals surface area contributed by atoms with Crippen LogP contribution >= 0.6 is 0 Å². The summed E-state index contributed by atoms with van der Waals surface area (Å²) in [4.78, 5) is 25.2. The van der Waals surface area contributed by atoms with Crippen molar-refractivity contribution in [3.8, 4) is 0 Å². The minimum absolute atomic E-state index is 0.0277. The number of nitrogens with zero attached hydrogens (tertiary/aromatic N) is 1. The molecule has 120 valence electrons. The molecular formula is C17H23NO4. The lowest BCUT2D eigenvalue weighted by molar-refractivity contribution is -0.138. The van der Waals surface area contributed by atoms with Gasteiger partial charge >= 0.3 is 5.97 Å². The molecule has 2 rings (SSSR count). The van der Waals surface area contributed by atoms with E-state index in [2.05, 4.69) is 0 Å². The topological polar surface area (TPSA) is 66.8 Å². The second-order valence-electron chi connectivity index (χ2n) is 5.82. The fourth-order valence-electron chi connectivity index (χ4n) is 2.91. The van der Waals surface area contributed by atoms with Crippen LogP contribution in [0.4, 0.5) is 0 Å². The van der Waals surface area contributed by atoms with Gasteiger partial charge in [-0.1, -0.05) is 12.1 Å². The van der Waals surface area contributed by atoms with E-state index in [0.717, 1.165) is 24.8 Å². The van der Waals surface area contributed by atoms with Gasteiger partial charge in [0.2, 0.25) is 0 Å². The Kier molecular flexibility index (Phi) is 5.95. The van der Waals surface area contributed by atoms with Crippen molar-refractivity contribution in [3.63, 3.8) is 0 Å². The lowest BCUT2D eigenvalue weighted by atomic mass is 9.97. The Morgan fingerprint density at radius 1 is 1.23 bits per heavy atom. The lowest BCUT2D eigenvalue weighted by Gasteiger charge is -2.20. The third kappa shape index (κ3) is 4.56. The first-order valence-electron chi connectivity index (χ1n) is 7.69. The van der Waals surface area contributed by atoms with Crippen LogP contribution in [0.3, 0.4) is 0 Å². The molecule has 0 spiro atoms. The molecule has 0 aliphatic carbocycles. The van der Waals surface area contributed by atoms with Crippen LogP contribution in [0.2, 0.25) is 0 Å². The number of likely N-dealkylation sites (tertiary alicyclic amines) is 1. The van der Waals surface area contributed by atoms with E-state index in [0.29, 0.717) is 25.3 Å². The number of methoxy groups -OCH3 is 1. The molecule has 0 bridgehead atoms. The Balaban J connectivity index is 1.95. The van der Waals surface area contributed by atoms with Crippen LogP contribution in [0, 0.1) is 5.92 Å². The second kappa shape index (κ2) is 7.94. The average Bonchev–Trinajstić information content (AvgIpc) is 2.73. The SMILES string of the molecule is COCc1ccc(C(=O)N2CCC[C@@H](CC(=O)O)CC2)cc1. The Morgan fingerprint density at radius 2 is 1.95 bits per heavy atom. The maximum atomic E-state index is 12.5. The van der Waals surface area contributed by atoms with Gasteiger partial charge in [0.1, 0.15) is 0 Å². The first kappa shape index (κ1) is 16.5. The highest BCUT2D eigenvalue weighted by molar-refractivity contribution is 5.94. The molecule has 0 radical (unpaired) electrons. The van der Waals surface area contributed by atoms with Crippen molar-refractivity contribution >= 4 is 11.9 Å². The first-order chi connectivity index (χ1) is 10.6. The third-order valence-electron chi connectivity index (χ3n) is 4.11. The molecule has 1 aliphatic rings. The number of rotatable bonds is 5. The van der Waals surface area contributed by atoms with Gasteiger partial charge in [0.05, 0.1) is 6.61 Å². The largest absolute Gasteiger partial charge is 0.481 e. The number of ether oxygens (including phenoxy) is 1. The number of carboxylic acid groups (broad SMARTS) is 1. The predicted octanol–water partition coefficient (Wildman–Crippen LogP) is 2.55. The predicted molar refractivity (Wildman–Crippen MR) is 82.7 cm³/mol. The van der Waals surface area contributed by atoms with Gasteiger partial charge in [-0.25, -0.2) is 0 Å². The van der Waals surface area contributed by atoms with E-state index in [1.165, 1.54) is 0 Å². The summed E-state index contributed by atoms with van der Waals surface area (Å²) in [6, 6.07) is 7.47. The van der Waals surface area contributed by atoms with Crippen molar-refractivity contribution in [1.82, 2.24) is 4.90 Å². The molecule has 1 N–H and O–H groups in total. The molecule has 1 atom stereocenters.